The van der Waals surface area contributed by atoms with Gasteiger partial charge in [0.1, 0.15) is 11.5 Å². The molecule has 0 atom stereocenters. The Kier molecular flexibility index (Phi) is 6.72. The molecule has 7 aromatic carbocycles. The molecule has 0 radical (unpaired) electrons. The fourth-order valence-electron chi connectivity index (χ4n) is 7.44. The van der Waals surface area contributed by atoms with Crippen LogP contribution < -0.4 is 4.74 Å². The molecule has 0 saturated heterocycles. The zero-order chi connectivity index (χ0) is 31.9. The van der Waals surface area contributed by atoms with Crippen LogP contribution in [0.4, 0.5) is 0 Å². The first-order valence-corrected chi connectivity index (χ1v) is 16.4. The van der Waals surface area contributed by atoms with Crippen LogP contribution >= 0.6 is 0 Å². The zero-order valence-electron chi connectivity index (χ0n) is 26.3. The van der Waals surface area contributed by atoms with E-state index in [1.54, 1.807) is 0 Å². The lowest BCUT2D eigenvalue weighted by Crippen LogP contribution is -2.34. The van der Waals surface area contributed by atoms with E-state index in [0.29, 0.717) is 0 Å². The average molecular weight is 614 g/mol. The molecule has 9 rings (SSSR count). The predicted molar refractivity (Wildman–Crippen MR) is 196 cm³/mol. The molecule has 0 unspecified atom stereocenters. The van der Waals surface area contributed by atoms with Gasteiger partial charge < -0.3 is 4.74 Å². The van der Waals surface area contributed by atoms with Crippen LogP contribution in [-0.2, 0) is 5.41 Å². The summed E-state index contributed by atoms with van der Waals surface area (Å²) in [6.07, 6.45) is 0. The van der Waals surface area contributed by atoms with Crippen LogP contribution in [0.3, 0.4) is 0 Å². The number of aromatic nitrogens is 1. The van der Waals surface area contributed by atoms with Gasteiger partial charge in [0.05, 0.1) is 16.8 Å². The second-order valence-electron chi connectivity index (χ2n) is 12.3. The fourth-order valence-corrected chi connectivity index (χ4v) is 7.44. The second-order valence-corrected chi connectivity index (χ2v) is 12.3. The minimum absolute atomic E-state index is 0.636. The Morgan fingerprint density at radius 1 is 0.375 bits per heavy atom. The minimum atomic E-state index is -0.636. The van der Waals surface area contributed by atoms with Crippen molar-refractivity contribution < 1.29 is 4.74 Å². The molecule has 0 amide bonds. The molecule has 2 heterocycles. The van der Waals surface area contributed by atoms with Crippen molar-refractivity contribution in [3.05, 3.63) is 210 Å². The summed E-state index contributed by atoms with van der Waals surface area (Å²) in [5, 5.41) is 2.41. The number of para-hydroxylation sites is 2. The summed E-state index contributed by atoms with van der Waals surface area (Å²) >= 11 is 0. The van der Waals surface area contributed by atoms with Crippen molar-refractivity contribution >= 4 is 10.8 Å². The number of benzene rings is 7. The molecule has 2 heteroatoms. The molecule has 48 heavy (non-hydrogen) atoms. The van der Waals surface area contributed by atoms with E-state index in [4.69, 9.17) is 9.72 Å². The Hall–Kier alpha value is -6.25. The quantitative estimate of drug-likeness (QED) is 0.193. The number of rotatable bonds is 5. The first-order chi connectivity index (χ1) is 23.8. The monoisotopic (exact) mass is 613 g/mol. The highest BCUT2D eigenvalue weighted by atomic mass is 16.5. The lowest BCUT2D eigenvalue weighted by Gasteiger charge is -2.42. The van der Waals surface area contributed by atoms with Gasteiger partial charge in [0.25, 0.3) is 0 Å². The third-order valence-electron chi connectivity index (χ3n) is 9.59. The number of nitrogens with zero attached hydrogens (tertiary/aromatic N) is 1. The van der Waals surface area contributed by atoms with Crippen molar-refractivity contribution in [3.8, 4) is 45.1 Å². The molecule has 2 nitrogen and oxygen atoms in total. The molecular weight excluding hydrogens is 583 g/mol. The molecule has 0 spiro atoms. The van der Waals surface area contributed by atoms with Gasteiger partial charge in [0.2, 0.25) is 0 Å². The molecule has 0 bridgehead atoms. The molecular formula is C46H31NO. The fraction of sp³-hybridized carbons (Fsp3) is 0.0217. The average Bonchev–Trinajstić information content (AvgIpc) is 3.17. The van der Waals surface area contributed by atoms with Gasteiger partial charge in [-0.3, -0.25) is 0 Å². The van der Waals surface area contributed by atoms with Crippen LogP contribution in [0.25, 0.3) is 44.4 Å². The van der Waals surface area contributed by atoms with Gasteiger partial charge in [-0.15, -0.1) is 0 Å². The molecule has 0 saturated carbocycles. The maximum Gasteiger partial charge on any atom is 0.132 e. The Morgan fingerprint density at radius 2 is 0.917 bits per heavy atom. The maximum absolute atomic E-state index is 6.60. The van der Waals surface area contributed by atoms with Crippen molar-refractivity contribution in [2.45, 2.75) is 5.41 Å². The molecule has 1 aliphatic heterocycles. The van der Waals surface area contributed by atoms with E-state index in [9.17, 15) is 0 Å². The Balaban J connectivity index is 1.36. The van der Waals surface area contributed by atoms with Gasteiger partial charge in [0.15, 0.2) is 0 Å². The van der Waals surface area contributed by atoms with Crippen molar-refractivity contribution in [3.63, 3.8) is 0 Å². The first kappa shape index (κ1) is 28.0. The summed E-state index contributed by atoms with van der Waals surface area (Å²) in [6.45, 7) is 0. The second kappa shape index (κ2) is 11.5. The summed E-state index contributed by atoms with van der Waals surface area (Å²) in [7, 11) is 0. The van der Waals surface area contributed by atoms with Gasteiger partial charge in [-0.05, 0) is 63.4 Å². The van der Waals surface area contributed by atoms with Gasteiger partial charge in [0, 0.05) is 22.3 Å². The Bertz CT molecular complexity index is 2380. The molecule has 0 fully saturated rings. The minimum Gasteiger partial charge on any atom is -0.457 e. The van der Waals surface area contributed by atoms with E-state index in [-0.39, 0.29) is 0 Å². The van der Waals surface area contributed by atoms with Crippen molar-refractivity contribution in [2.24, 2.45) is 0 Å². The topological polar surface area (TPSA) is 22.1 Å². The standard InChI is InChI=1S/C46H31NO/c1-3-16-33(17-4-1)42-30-36(31-43(47-42)35-28-27-32-15-7-8-18-34(32)29-35)38-21-9-10-22-39(38)46(37-19-5-2-6-20-37)40-23-11-13-25-44(40)48-45-26-14-12-24-41(45)46/h1-31H. The highest BCUT2D eigenvalue weighted by Gasteiger charge is 2.46. The van der Waals surface area contributed by atoms with E-state index in [2.05, 4.69) is 188 Å². The maximum atomic E-state index is 6.60. The molecule has 1 aromatic heterocycles. The van der Waals surface area contributed by atoms with Gasteiger partial charge in [-0.2, -0.15) is 0 Å². The number of ether oxygens (including phenoxy) is 1. The van der Waals surface area contributed by atoms with Crippen LogP contribution in [0.5, 0.6) is 11.5 Å². The van der Waals surface area contributed by atoms with Gasteiger partial charge in [-0.25, -0.2) is 4.98 Å². The Labute approximate surface area is 280 Å². The third-order valence-corrected chi connectivity index (χ3v) is 9.59. The predicted octanol–water partition coefficient (Wildman–Crippen LogP) is 11.7. The lowest BCUT2D eigenvalue weighted by molar-refractivity contribution is 0.434. The van der Waals surface area contributed by atoms with Gasteiger partial charge in [-0.1, -0.05) is 158 Å². The van der Waals surface area contributed by atoms with E-state index < -0.39 is 5.41 Å². The highest BCUT2D eigenvalue weighted by molar-refractivity contribution is 5.88. The summed E-state index contributed by atoms with van der Waals surface area (Å²) in [4.78, 5) is 5.28. The SMILES string of the molecule is c1ccc(-c2cc(-c3ccccc3C3(c4ccccc4)c4ccccc4Oc4ccccc43)cc(-c3ccc4ccccc4c3)n2)cc1. The van der Waals surface area contributed by atoms with Crippen molar-refractivity contribution in [1.29, 1.82) is 0 Å². The molecule has 1 aliphatic rings. The molecule has 0 N–H and O–H groups in total. The smallest absolute Gasteiger partial charge is 0.132 e. The van der Waals surface area contributed by atoms with E-state index in [1.165, 1.54) is 21.9 Å². The van der Waals surface area contributed by atoms with Crippen LogP contribution in [0.15, 0.2) is 188 Å². The zero-order valence-corrected chi connectivity index (χ0v) is 26.3. The van der Waals surface area contributed by atoms with Crippen LogP contribution in [0, 0.1) is 0 Å². The number of hydrogen-bond donors (Lipinski definition) is 0. The number of pyridine rings is 1. The summed E-state index contributed by atoms with van der Waals surface area (Å²) < 4.78 is 6.60. The lowest BCUT2D eigenvalue weighted by atomic mass is 9.62. The highest BCUT2D eigenvalue weighted by Crippen LogP contribution is 2.57. The van der Waals surface area contributed by atoms with Gasteiger partial charge >= 0.3 is 0 Å². The largest absolute Gasteiger partial charge is 0.457 e. The molecule has 226 valence electrons. The molecule has 0 aliphatic carbocycles. The van der Waals surface area contributed by atoms with Crippen LogP contribution in [-0.4, -0.2) is 4.98 Å². The summed E-state index contributed by atoms with van der Waals surface area (Å²) in [5.41, 5.74) is 10.3. The normalized spacial score (nSPS) is 12.9. The molecule has 8 aromatic rings. The Morgan fingerprint density at radius 3 is 1.62 bits per heavy atom. The van der Waals surface area contributed by atoms with Crippen LogP contribution in [0.2, 0.25) is 0 Å². The number of fused-ring (bicyclic) bond motifs is 3. The van der Waals surface area contributed by atoms with Crippen molar-refractivity contribution in [1.82, 2.24) is 4.98 Å². The van der Waals surface area contributed by atoms with E-state index in [1.807, 2.05) is 0 Å². The summed E-state index contributed by atoms with van der Waals surface area (Å²) in [6, 6.07) is 66.8. The first-order valence-electron chi connectivity index (χ1n) is 16.4. The van der Waals surface area contributed by atoms with Crippen LogP contribution in [0.1, 0.15) is 22.3 Å². The van der Waals surface area contributed by atoms with E-state index >= 15 is 0 Å². The number of hydrogen-bond acceptors (Lipinski definition) is 2. The van der Waals surface area contributed by atoms with E-state index in [0.717, 1.165) is 56.3 Å². The third kappa shape index (κ3) is 4.53. The van der Waals surface area contributed by atoms with Crippen molar-refractivity contribution in [2.75, 3.05) is 0 Å². The summed E-state index contributed by atoms with van der Waals surface area (Å²) in [5.74, 6) is 1.73.